The van der Waals surface area contributed by atoms with Crippen molar-refractivity contribution in [1.29, 1.82) is 0 Å². The van der Waals surface area contributed by atoms with Gasteiger partial charge in [0.05, 0.1) is 6.04 Å². The zero-order valence-corrected chi connectivity index (χ0v) is 13.2. The normalized spacial score (nSPS) is 23.0. The van der Waals surface area contributed by atoms with Crippen molar-refractivity contribution >= 4 is 11.8 Å². The lowest BCUT2D eigenvalue weighted by atomic mass is 10.0. The Morgan fingerprint density at radius 1 is 1.14 bits per heavy atom. The van der Waals surface area contributed by atoms with Crippen LogP contribution in [0.4, 0.5) is 0 Å². The molecular formula is C17H24N2O2. The van der Waals surface area contributed by atoms with Crippen molar-refractivity contribution in [2.45, 2.75) is 58.7 Å². The number of hydrogen-bond donors (Lipinski definition) is 1. The van der Waals surface area contributed by atoms with Gasteiger partial charge in [0.2, 0.25) is 5.91 Å². The van der Waals surface area contributed by atoms with Crippen LogP contribution in [0.15, 0.2) is 24.3 Å². The maximum Gasteiger partial charge on any atom is 0.254 e. The lowest BCUT2D eigenvalue weighted by molar-refractivity contribution is -0.119. The molecule has 1 aromatic rings. The second-order valence-corrected chi connectivity index (χ2v) is 6.03. The van der Waals surface area contributed by atoms with Gasteiger partial charge in [0.15, 0.2) is 0 Å². The van der Waals surface area contributed by atoms with E-state index >= 15 is 0 Å². The highest BCUT2D eigenvalue weighted by Gasteiger charge is 2.31. The smallest absolute Gasteiger partial charge is 0.254 e. The standard InChI is InChI=1S/C17H24N2O2/c1-11-5-6-12(2)19(11)17(21)16-9-7-15(8-10-16)13(3)18-14(4)20/h7-13H,5-6H2,1-4H3,(H,18,20). The first kappa shape index (κ1) is 15.5. The van der Waals surface area contributed by atoms with Crippen LogP contribution in [0.25, 0.3) is 0 Å². The minimum absolute atomic E-state index is 0.0451. The fraction of sp³-hybridized carbons (Fsp3) is 0.529. The zero-order valence-electron chi connectivity index (χ0n) is 13.2. The second kappa shape index (κ2) is 6.29. The van der Waals surface area contributed by atoms with Gasteiger partial charge >= 0.3 is 0 Å². The molecule has 4 heteroatoms. The van der Waals surface area contributed by atoms with E-state index in [-0.39, 0.29) is 17.9 Å². The summed E-state index contributed by atoms with van der Waals surface area (Å²) in [4.78, 5) is 25.6. The van der Waals surface area contributed by atoms with Crippen molar-refractivity contribution in [3.05, 3.63) is 35.4 Å². The van der Waals surface area contributed by atoms with E-state index in [9.17, 15) is 9.59 Å². The molecule has 0 radical (unpaired) electrons. The Hall–Kier alpha value is -1.84. The number of nitrogens with zero attached hydrogens (tertiary/aromatic N) is 1. The summed E-state index contributed by atoms with van der Waals surface area (Å²) in [6.07, 6.45) is 2.15. The fourth-order valence-corrected chi connectivity index (χ4v) is 3.05. The van der Waals surface area contributed by atoms with Crippen LogP contribution in [-0.4, -0.2) is 28.8 Å². The van der Waals surface area contributed by atoms with Crippen LogP contribution in [-0.2, 0) is 4.79 Å². The van der Waals surface area contributed by atoms with Crippen molar-refractivity contribution < 1.29 is 9.59 Å². The van der Waals surface area contributed by atoms with Crippen molar-refractivity contribution in [3.8, 4) is 0 Å². The molecule has 1 saturated heterocycles. The number of amides is 2. The van der Waals surface area contributed by atoms with Gasteiger partial charge in [-0.3, -0.25) is 9.59 Å². The van der Waals surface area contributed by atoms with Gasteiger partial charge < -0.3 is 10.2 Å². The molecular weight excluding hydrogens is 264 g/mol. The van der Waals surface area contributed by atoms with Crippen LogP contribution in [0.3, 0.4) is 0 Å². The molecule has 0 aliphatic carbocycles. The number of nitrogens with one attached hydrogen (secondary N) is 1. The molecule has 0 saturated carbocycles. The fourth-order valence-electron chi connectivity index (χ4n) is 3.05. The second-order valence-electron chi connectivity index (χ2n) is 6.03. The Balaban J connectivity index is 2.11. The van der Waals surface area contributed by atoms with E-state index in [1.807, 2.05) is 36.1 Å². The van der Waals surface area contributed by atoms with E-state index < -0.39 is 0 Å². The molecule has 3 unspecified atom stereocenters. The van der Waals surface area contributed by atoms with Crippen molar-refractivity contribution in [3.63, 3.8) is 0 Å². The van der Waals surface area contributed by atoms with Gasteiger partial charge in [-0.25, -0.2) is 0 Å². The van der Waals surface area contributed by atoms with Gasteiger partial charge in [0.1, 0.15) is 0 Å². The largest absolute Gasteiger partial charge is 0.350 e. The van der Waals surface area contributed by atoms with Crippen LogP contribution in [0.2, 0.25) is 0 Å². The Labute approximate surface area is 126 Å². The SMILES string of the molecule is CC(=O)NC(C)c1ccc(C(=O)N2C(C)CCC2C)cc1. The third-order valence-corrected chi connectivity index (χ3v) is 4.26. The highest BCUT2D eigenvalue weighted by Crippen LogP contribution is 2.26. The Kier molecular flexibility index (Phi) is 4.66. The summed E-state index contributed by atoms with van der Waals surface area (Å²) in [5, 5.41) is 2.84. The summed E-state index contributed by atoms with van der Waals surface area (Å²) >= 11 is 0. The van der Waals surface area contributed by atoms with E-state index in [0.29, 0.717) is 12.1 Å². The van der Waals surface area contributed by atoms with Crippen molar-refractivity contribution in [2.24, 2.45) is 0 Å². The summed E-state index contributed by atoms with van der Waals surface area (Å²) < 4.78 is 0. The molecule has 0 aromatic heterocycles. The quantitative estimate of drug-likeness (QED) is 0.929. The lowest BCUT2D eigenvalue weighted by Gasteiger charge is -2.26. The first-order valence-corrected chi connectivity index (χ1v) is 7.60. The molecule has 0 spiro atoms. The summed E-state index contributed by atoms with van der Waals surface area (Å²) in [5.41, 5.74) is 1.72. The molecule has 4 nitrogen and oxygen atoms in total. The highest BCUT2D eigenvalue weighted by molar-refractivity contribution is 5.94. The molecule has 1 fully saturated rings. The van der Waals surface area contributed by atoms with Gasteiger partial charge in [-0.1, -0.05) is 12.1 Å². The number of carbonyl (C=O) groups is 2. The summed E-state index contributed by atoms with van der Waals surface area (Å²) in [5.74, 6) is 0.0496. The molecule has 21 heavy (non-hydrogen) atoms. The summed E-state index contributed by atoms with van der Waals surface area (Å²) in [6, 6.07) is 8.12. The van der Waals surface area contributed by atoms with Crippen LogP contribution in [0, 0.1) is 0 Å². The lowest BCUT2D eigenvalue weighted by Crippen LogP contribution is -2.38. The van der Waals surface area contributed by atoms with Crippen LogP contribution >= 0.6 is 0 Å². The first-order valence-electron chi connectivity index (χ1n) is 7.60. The molecule has 0 bridgehead atoms. The maximum absolute atomic E-state index is 12.6. The van der Waals surface area contributed by atoms with Gasteiger partial charge in [0.25, 0.3) is 5.91 Å². The topological polar surface area (TPSA) is 49.4 Å². The minimum atomic E-state index is -0.0534. The molecule has 1 aliphatic heterocycles. The van der Waals surface area contributed by atoms with Crippen molar-refractivity contribution in [1.82, 2.24) is 10.2 Å². The van der Waals surface area contributed by atoms with Crippen LogP contribution in [0.5, 0.6) is 0 Å². The predicted octanol–water partition coefficient (Wildman–Crippen LogP) is 2.90. The average Bonchev–Trinajstić information content (AvgIpc) is 2.77. The van der Waals surface area contributed by atoms with E-state index in [2.05, 4.69) is 19.2 Å². The predicted molar refractivity (Wildman–Crippen MR) is 83.0 cm³/mol. The van der Waals surface area contributed by atoms with Gasteiger partial charge in [-0.05, 0) is 51.3 Å². The average molecular weight is 288 g/mol. The number of hydrogen-bond acceptors (Lipinski definition) is 2. The van der Waals surface area contributed by atoms with Crippen LogP contribution in [0.1, 0.15) is 62.5 Å². The maximum atomic E-state index is 12.6. The number of benzene rings is 1. The Morgan fingerprint density at radius 2 is 1.67 bits per heavy atom. The minimum Gasteiger partial charge on any atom is -0.350 e. The molecule has 1 heterocycles. The molecule has 3 atom stereocenters. The Morgan fingerprint density at radius 3 is 2.14 bits per heavy atom. The highest BCUT2D eigenvalue weighted by atomic mass is 16.2. The Bertz CT molecular complexity index is 514. The number of likely N-dealkylation sites (tertiary alicyclic amines) is 1. The van der Waals surface area contributed by atoms with Gasteiger partial charge in [-0.15, -0.1) is 0 Å². The van der Waals surface area contributed by atoms with E-state index in [1.54, 1.807) is 0 Å². The zero-order chi connectivity index (χ0) is 15.6. The number of rotatable bonds is 3. The summed E-state index contributed by atoms with van der Waals surface area (Å²) in [7, 11) is 0. The van der Waals surface area contributed by atoms with E-state index in [4.69, 9.17) is 0 Å². The summed E-state index contributed by atoms with van der Waals surface area (Å²) in [6.45, 7) is 7.65. The van der Waals surface area contributed by atoms with Gasteiger partial charge in [0, 0.05) is 24.6 Å². The number of carbonyl (C=O) groups excluding carboxylic acids is 2. The van der Waals surface area contributed by atoms with E-state index in [0.717, 1.165) is 24.0 Å². The molecule has 1 aliphatic rings. The first-order chi connectivity index (χ1) is 9.90. The third kappa shape index (κ3) is 3.43. The molecule has 1 N–H and O–H groups in total. The van der Waals surface area contributed by atoms with E-state index in [1.165, 1.54) is 6.92 Å². The third-order valence-electron chi connectivity index (χ3n) is 4.26. The van der Waals surface area contributed by atoms with Crippen molar-refractivity contribution in [2.75, 3.05) is 0 Å². The molecule has 1 aromatic carbocycles. The molecule has 114 valence electrons. The van der Waals surface area contributed by atoms with Crippen LogP contribution < -0.4 is 5.32 Å². The van der Waals surface area contributed by atoms with Gasteiger partial charge in [-0.2, -0.15) is 0 Å². The molecule has 2 rings (SSSR count). The molecule has 2 amide bonds. The monoisotopic (exact) mass is 288 g/mol.